The van der Waals surface area contributed by atoms with Gasteiger partial charge in [0.15, 0.2) is 0 Å². The minimum absolute atomic E-state index is 0.00445. The highest BCUT2D eigenvalue weighted by Gasteiger charge is 2.42. The second-order valence-electron chi connectivity index (χ2n) is 7.55. The molecule has 33 heavy (non-hydrogen) atoms. The quantitative estimate of drug-likeness (QED) is 0.615. The number of aromatic amines is 1. The number of hydrogen-bond donors (Lipinski definition) is 3. The van der Waals surface area contributed by atoms with Crippen molar-refractivity contribution < 1.29 is 37.4 Å². The molecule has 2 aliphatic rings. The third kappa shape index (κ3) is 6.28. The number of amides is 2. The zero-order chi connectivity index (χ0) is 24.0. The molecule has 0 spiro atoms. The van der Waals surface area contributed by atoms with Crippen molar-refractivity contribution in [2.45, 2.75) is 18.7 Å². The van der Waals surface area contributed by atoms with E-state index in [-0.39, 0.29) is 17.9 Å². The number of likely N-dealkylation sites (tertiary alicyclic amines) is 1. The Balaban J connectivity index is 0.000000383. The van der Waals surface area contributed by atoms with Crippen molar-refractivity contribution in [1.82, 2.24) is 25.4 Å². The van der Waals surface area contributed by atoms with Gasteiger partial charge in [-0.05, 0) is 30.5 Å². The Morgan fingerprint density at radius 3 is 2.52 bits per heavy atom. The number of aromatic nitrogens is 3. The number of nitrogens with zero attached hydrogens (tertiary/aromatic N) is 3. The number of nitrogens with one attached hydrogen (secondary N) is 2. The number of fused-ring (bicyclic) bond motifs is 1. The molecule has 0 bridgehead atoms. The van der Waals surface area contributed by atoms with Crippen molar-refractivity contribution in [1.29, 1.82) is 0 Å². The molecule has 2 amide bonds. The number of alkyl halides is 3. The molecule has 13 heteroatoms. The van der Waals surface area contributed by atoms with Gasteiger partial charge in [-0.25, -0.2) is 4.79 Å². The fourth-order valence-electron chi connectivity index (χ4n) is 3.83. The van der Waals surface area contributed by atoms with Crippen LogP contribution in [0.2, 0.25) is 0 Å². The molecule has 0 aliphatic carbocycles. The molecule has 0 saturated carbocycles. The first-order valence-corrected chi connectivity index (χ1v) is 10.1. The third-order valence-corrected chi connectivity index (χ3v) is 5.46. The average molecular weight is 469 g/mol. The average Bonchev–Trinajstić information content (AvgIpc) is 3.47. The molecule has 3 atom stereocenters. The highest BCUT2D eigenvalue weighted by molar-refractivity contribution is 5.94. The van der Waals surface area contributed by atoms with Crippen LogP contribution >= 0.6 is 0 Å². The number of carbonyl (C=O) groups excluding carboxylic acids is 2. The van der Waals surface area contributed by atoms with Crippen molar-refractivity contribution in [2.24, 2.45) is 11.8 Å². The van der Waals surface area contributed by atoms with Gasteiger partial charge in [0.1, 0.15) is 5.69 Å². The molecular formula is C20H22F3N5O5. The number of pyridine rings is 1. The highest BCUT2D eigenvalue weighted by Crippen LogP contribution is 2.34. The molecule has 0 aromatic carbocycles. The van der Waals surface area contributed by atoms with Crippen LogP contribution < -0.4 is 5.32 Å². The molecule has 4 heterocycles. The van der Waals surface area contributed by atoms with Crippen molar-refractivity contribution in [3.8, 4) is 0 Å². The maximum absolute atomic E-state index is 12.5. The molecule has 0 radical (unpaired) electrons. The number of H-pyrrole nitrogens is 1. The van der Waals surface area contributed by atoms with Gasteiger partial charge >= 0.3 is 12.1 Å². The zero-order valence-electron chi connectivity index (χ0n) is 17.3. The van der Waals surface area contributed by atoms with E-state index in [0.717, 1.165) is 6.42 Å². The topological polar surface area (TPSA) is 138 Å². The van der Waals surface area contributed by atoms with E-state index in [1.54, 1.807) is 36.8 Å². The maximum Gasteiger partial charge on any atom is 0.490 e. The molecule has 4 rings (SSSR count). The van der Waals surface area contributed by atoms with Crippen molar-refractivity contribution in [3.05, 3.63) is 48.0 Å². The molecule has 3 N–H and O–H groups in total. The van der Waals surface area contributed by atoms with Crippen LogP contribution in [0.5, 0.6) is 0 Å². The first-order chi connectivity index (χ1) is 15.7. The summed E-state index contributed by atoms with van der Waals surface area (Å²) in [5, 5.41) is 16.6. The monoisotopic (exact) mass is 469 g/mol. The fraction of sp³-hybridized carbons (Fsp3) is 0.450. The Labute approximate surface area is 186 Å². The molecule has 2 aliphatic heterocycles. The summed E-state index contributed by atoms with van der Waals surface area (Å²) in [7, 11) is 0. The van der Waals surface area contributed by atoms with Crippen molar-refractivity contribution in [2.75, 3.05) is 26.2 Å². The summed E-state index contributed by atoms with van der Waals surface area (Å²) < 4.78 is 37.7. The van der Waals surface area contributed by atoms with E-state index >= 15 is 0 Å². The molecule has 2 aromatic heterocycles. The van der Waals surface area contributed by atoms with Gasteiger partial charge in [0.05, 0.1) is 12.7 Å². The second-order valence-corrected chi connectivity index (χ2v) is 7.55. The van der Waals surface area contributed by atoms with Crippen LogP contribution in [0.4, 0.5) is 13.2 Å². The van der Waals surface area contributed by atoms with Crippen LogP contribution in [-0.2, 0) is 9.53 Å². The molecule has 2 saturated heterocycles. The number of ether oxygens (including phenoxy) is 1. The van der Waals surface area contributed by atoms with Gasteiger partial charge < -0.3 is 20.1 Å². The smallest absolute Gasteiger partial charge is 0.475 e. The number of hydrogen-bond acceptors (Lipinski definition) is 6. The number of piperidine rings is 1. The van der Waals surface area contributed by atoms with Gasteiger partial charge in [-0.3, -0.25) is 19.7 Å². The van der Waals surface area contributed by atoms with Crippen LogP contribution in [0.3, 0.4) is 0 Å². The molecule has 0 unspecified atom stereocenters. The minimum Gasteiger partial charge on any atom is -0.475 e. The molecule has 2 fully saturated rings. The molecule has 10 nitrogen and oxygen atoms in total. The first-order valence-electron chi connectivity index (χ1n) is 10.1. The number of carboxylic acids is 1. The lowest BCUT2D eigenvalue weighted by Gasteiger charge is -2.35. The Morgan fingerprint density at radius 1 is 1.21 bits per heavy atom. The van der Waals surface area contributed by atoms with E-state index in [0.29, 0.717) is 49.3 Å². The number of halogens is 3. The summed E-state index contributed by atoms with van der Waals surface area (Å²) in [5.74, 6) is -2.23. The Kier molecular flexibility index (Phi) is 7.63. The molecule has 2 aromatic rings. The number of carboxylic acid groups (broad SMARTS) is 1. The van der Waals surface area contributed by atoms with Gasteiger partial charge in [0.2, 0.25) is 0 Å². The highest BCUT2D eigenvalue weighted by atomic mass is 19.4. The van der Waals surface area contributed by atoms with Crippen LogP contribution in [0.15, 0.2) is 36.8 Å². The lowest BCUT2D eigenvalue weighted by molar-refractivity contribution is -0.192. The zero-order valence-corrected chi connectivity index (χ0v) is 17.3. The van der Waals surface area contributed by atoms with Gasteiger partial charge in [0, 0.05) is 49.7 Å². The minimum atomic E-state index is -5.08. The third-order valence-electron chi connectivity index (χ3n) is 5.46. The number of aliphatic carboxylic acids is 1. The summed E-state index contributed by atoms with van der Waals surface area (Å²) >= 11 is 0. The lowest BCUT2D eigenvalue weighted by atomic mass is 9.84. The Bertz CT molecular complexity index is 955. The van der Waals surface area contributed by atoms with Crippen LogP contribution in [-0.4, -0.2) is 81.5 Å². The van der Waals surface area contributed by atoms with Gasteiger partial charge in [-0.15, -0.1) is 0 Å². The first kappa shape index (κ1) is 24.2. The summed E-state index contributed by atoms with van der Waals surface area (Å²) in [6.45, 7) is 2.47. The van der Waals surface area contributed by atoms with Crippen molar-refractivity contribution in [3.63, 3.8) is 0 Å². The predicted molar refractivity (Wildman–Crippen MR) is 106 cm³/mol. The van der Waals surface area contributed by atoms with E-state index < -0.39 is 12.1 Å². The fourth-order valence-corrected chi connectivity index (χ4v) is 3.83. The van der Waals surface area contributed by atoms with E-state index in [9.17, 15) is 22.8 Å². The molecule has 178 valence electrons. The number of rotatable bonds is 4. The Hall–Kier alpha value is -3.48. The number of carbonyl (C=O) groups is 3. The van der Waals surface area contributed by atoms with E-state index in [2.05, 4.69) is 20.5 Å². The summed E-state index contributed by atoms with van der Waals surface area (Å²) in [4.78, 5) is 39.3. The van der Waals surface area contributed by atoms with Crippen LogP contribution in [0, 0.1) is 11.8 Å². The van der Waals surface area contributed by atoms with E-state index in [4.69, 9.17) is 14.6 Å². The van der Waals surface area contributed by atoms with E-state index in [1.807, 2.05) is 4.90 Å². The standard InChI is InChI=1S/C18H21N5O3.C2HF3O2/c24-17(12-1-5-19-6-2-12)20-9-16-14-4-8-23(10-13(14)11-26-16)18(25)15-3-7-21-22-15;3-2(4,5)1(6)7/h1-3,5-7,13-14,16H,4,8-11H2,(H,20,24)(H,21,22);(H,6,7)/t13-,14-,16-;/m0./s1. The maximum atomic E-state index is 12.5. The Morgan fingerprint density at radius 2 is 1.91 bits per heavy atom. The SMILES string of the molecule is O=C(NC[C@@H]1OC[C@@H]2CN(C(=O)c3ccn[nH]3)CC[C@@H]21)c1ccncc1.O=C(O)C(F)(F)F. The van der Waals surface area contributed by atoms with Crippen molar-refractivity contribution >= 4 is 17.8 Å². The van der Waals surface area contributed by atoms with Gasteiger partial charge in [0.25, 0.3) is 11.8 Å². The van der Waals surface area contributed by atoms with Gasteiger partial charge in [-0.2, -0.15) is 18.3 Å². The summed E-state index contributed by atoms with van der Waals surface area (Å²) in [6, 6.07) is 5.07. The predicted octanol–water partition coefficient (Wildman–Crippen LogP) is 1.35. The van der Waals surface area contributed by atoms with Gasteiger partial charge in [-0.1, -0.05) is 0 Å². The molecular weight excluding hydrogens is 447 g/mol. The lowest BCUT2D eigenvalue weighted by Crippen LogP contribution is -2.46. The van der Waals surface area contributed by atoms with Crippen LogP contribution in [0.25, 0.3) is 0 Å². The summed E-state index contributed by atoms with van der Waals surface area (Å²) in [5.41, 5.74) is 1.11. The second kappa shape index (κ2) is 10.4. The largest absolute Gasteiger partial charge is 0.490 e. The summed E-state index contributed by atoms with van der Waals surface area (Å²) in [6.07, 6.45) is 0.572. The normalized spacial score (nSPS) is 22.0. The van der Waals surface area contributed by atoms with Crippen LogP contribution in [0.1, 0.15) is 27.3 Å². The van der Waals surface area contributed by atoms with E-state index in [1.165, 1.54) is 0 Å².